The second kappa shape index (κ2) is 8.78. The summed E-state index contributed by atoms with van der Waals surface area (Å²) in [5, 5.41) is 22.2. The lowest BCUT2D eigenvalue weighted by atomic mass is 10.2. The fourth-order valence-corrected chi connectivity index (χ4v) is 3.33. The van der Waals surface area contributed by atoms with Crippen LogP contribution in [-0.2, 0) is 4.79 Å². The number of halogens is 3. The predicted molar refractivity (Wildman–Crippen MR) is 107 cm³/mol. The lowest BCUT2D eigenvalue weighted by Crippen LogP contribution is -2.14. The molecule has 3 rings (SSSR count). The summed E-state index contributed by atoms with van der Waals surface area (Å²) in [6.45, 7) is 0. The first-order valence-electron chi connectivity index (χ1n) is 7.49. The first kappa shape index (κ1) is 20.4. The highest BCUT2D eigenvalue weighted by molar-refractivity contribution is 7.99. The lowest BCUT2D eigenvalue weighted by molar-refractivity contribution is -0.384. The quantitative estimate of drug-likeness (QED) is 0.301. The van der Waals surface area contributed by atoms with Gasteiger partial charge in [-0.2, -0.15) is 0 Å². The van der Waals surface area contributed by atoms with Crippen LogP contribution in [0.3, 0.4) is 0 Å². The van der Waals surface area contributed by atoms with Gasteiger partial charge in [-0.15, -0.1) is 10.2 Å². The summed E-state index contributed by atoms with van der Waals surface area (Å²) in [5.41, 5.74) is 0.470. The number of anilines is 1. The average molecular weight is 460 g/mol. The van der Waals surface area contributed by atoms with E-state index < -0.39 is 10.8 Å². The summed E-state index contributed by atoms with van der Waals surface area (Å²) in [6, 6.07) is 8.81. The van der Waals surface area contributed by atoms with E-state index in [1.54, 1.807) is 18.2 Å². The van der Waals surface area contributed by atoms with E-state index in [2.05, 4.69) is 15.5 Å². The van der Waals surface area contributed by atoms with Crippen molar-refractivity contribution in [2.24, 2.45) is 0 Å². The first-order chi connectivity index (χ1) is 13.3. The van der Waals surface area contributed by atoms with Crippen molar-refractivity contribution >= 4 is 63.8 Å². The van der Waals surface area contributed by atoms with Crippen LogP contribution in [0.4, 0.5) is 11.4 Å². The largest absolute Gasteiger partial charge is 0.411 e. The molecule has 2 aromatic carbocycles. The molecule has 0 radical (unpaired) electrons. The third kappa shape index (κ3) is 4.93. The van der Waals surface area contributed by atoms with Crippen molar-refractivity contribution in [2.45, 2.75) is 5.22 Å². The molecule has 1 amide bonds. The van der Waals surface area contributed by atoms with Crippen LogP contribution in [0.15, 0.2) is 46.0 Å². The second-order valence-corrected chi connectivity index (χ2v) is 7.43. The molecule has 28 heavy (non-hydrogen) atoms. The number of carbonyl (C=O) groups is 1. The number of benzene rings is 2. The van der Waals surface area contributed by atoms with E-state index in [-0.39, 0.29) is 33.3 Å². The monoisotopic (exact) mass is 458 g/mol. The zero-order valence-corrected chi connectivity index (χ0v) is 16.8. The zero-order chi connectivity index (χ0) is 20.3. The Morgan fingerprint density at radius 1 is 1.14 bits per heavy atom. The summed E-state index contributed by atoms with van der Waals surface area (Å²) in [5.74, 6) is -0.268. The van der Waals surface area contributed by atoms with Crippen LogP contribution in [0.25, 0.3) is 11.5 Å². The molecule has 1 aromatic heterocycles. The third-order valence-corrected chi connectivity index (χ3v) is 5.01. The Labute approximate surface area is 177 Å². The second-order valence-electron chi connectivity index (χ2n) is 5.26. The molecule has 0 unspecified atom stereocenters. The minimum Gasteiger partial charge on any atom is -0.411 e. The van der Waals surface area contributed by atoms with Crippen molar-refractivity contribution in [3.8, 4) is 11.5 Å². The Morgan fingerprint density at radius 3 is 2.64 bits per heavy atom. The summed E-state index contributed by atoms with van der Waals surface area (Å²) < 4.78 is 5.48. The topological polar surface area (TPSA) is 111 Å². The number of nitrogens with zero attached hydrogens (tertiary/aromatic N) is 3. The number of aromatic nitrogens is 2. The molecule has 8 nitrogen and oxygen atoms in total. The molecular formula is C16H9Cl3N4O4S. The van der Waals surface area contributed by atoms with E-state index in [0.29, 0.717) is 15.6 Å². The number of hydrogen-bond donors (Lipinski definition) is 1. The van der Waals surface area contributed by atoms with Gasteiger partial charge in [-0.1, -0.05) is 46.6 Å². The third-order valence-electron chi connectivity index (χ3n) is 3.32. The van der Waals surface area contributed by atoms with Gasteiger partial charge in [0, 0.05) is 16.8 Å². The molecule has 0 spiro atoms. The van der Waals surface area contributed by atoms with Gasteiger partial charge in [0.2, 0.25) is 11.8 Å². The van der Waals surface area contributed by atoms with Crippen LogP contribution in [0.1, 0.15) is 0 Å². The SMILES string of the molecule is O=C(CSc1nnc(-c2ccc(Cl)cc2Cl)o1)Nc1ccc(Cl)c([N+](=O)[O-])c1. The van der Waals surface area contributed by atoms with Crippen LogP contribution in [-0.4, -0.2) is 26.8 Å². The molecule has 0 aliphatic carbocycles. The maximum absolute atomic E-state index is 12.1. The van der Waals surface area contributed by atoms with Crippen molar-refractivity contribution in [3.63, 3.8) is 0 Å². The van der Waals surface area contributed by atoms with Crippen LogP contribution < -0.4 is 5.32 Å². The van der Waals surface area contributed by atoms with E-state index in [4.69, 9.17) is 39.2 Å². The molecule has 0 bridgehead atoms. The summed E-state index contributed by atoms with van der Waals surface area (Å²) >= 11 is 18.7. The number of nitrogens with one attached hydrogen (secondary N) is 1. The van der Waals surface area contributed by atoms with Gasteiger partial charge in [0.05, 0.1) is 21.3 Å². The van der Waals surface area contributed by atoms with Gasteiger partial charge >= 0.3 is 0 Å². The molecule has 0 aliphatic heterocycles. The van der Waals surface area contributed by atoms with Gasteiger partial charge in [0.15, 0.2) is 0 Å². The van der Waals surface area contributed by atoms with E-state index in [1.807, 2.05) is 0 Å². The van der Waals surface area contributed by atoms with Crippen LogP contribution in [0.5, 0.6) is 0 Å². The molecule has 1 heterocycles. The predicted octanol–water partition coefficient (Wildman–Crippen LogP) is 5.34. The summed E-state index contributed by atoms with van der Waals surface area (Å²) in [4.78, 5) is 22.3. The molecular weight excluding hydrogens is 451 g/mol. The lowest BCUT2D eigenvalue weighted by Gasteiger charge is -2.04. The molecule has 3 aromatic rings. The Kier molecular flexibility index (Phi) is 6.40. The molecule has 0 fully saturated rings. The summed E-state index contributed by atoms with van der Waals surface area (Å²) in [6.07, 6.45) is 0. The van der Waals surface area contributed by atoms with Crippen molar-refractivity contribution in [1.82, 2.24) is 10.2 Å². The standard InChI is InChI=1S/C16H9Cl3N4O4S/c17-8-1-3-10(12(19)5-8)15-21-22-16(27-15)28-7-14(24)20-9-2-4-11(18)13(6-9)23(25)26/h1-6H,7H2,(H,20,24). The molecule has 144 valence electrons. The molecule has 0 saturated carbocycles. The van der Waals surface area contributed by atoms with Crippen LogP contribution >= 0.6 is 46.6 Å². The molecule has 0 atom stereocenters. The number of thioether (sulfide) groups is 1. The maximum atomic E-state index is 12.1. The van der Waals surface area contributed by atoms with Gasteiger partial charge in [0.1, 0.15) is 5.02 Å². The number of hydrogen-bond acceptors (Lipinski definition) is 7. The Bertz CT molecular complexity index is 1060. The smallest absolute Gasteiger partial charge is 0.289 e. The fraction of sp³-hybridized carbons (Fsp3) is 0.0625. The van der Waals surface area contributed by atoms with E-state index >= 15 is 0 Å². The van der Waals surface area contributed by atoms with Gasteiger partial charge in [-0.25, -0.2) is 0 Å². The Morgan fingerprint density at radius 2 is 1.93 bits per heavy atom. The van der Waals surface area contributed by atoms with E-state index in [0.717, 1.165) is 11.8 Å². The maximum Gasteiger partial charge on any atom is 0.289 e. The fourth-order valence-electron chi connectivity index (χ4n) is 2.09. The van der Waals surface area contributed by atoms with Crippen molar-refractivity contribution in [1.29, 1.82) is 0 Å². The van der Waals surface area contributed by atoms with Gasteiger partial charge in [-0.05, 0) is 30.3 Å². The molecule has 0 saturated heterocycles. The van der Waals surface area contributed by atoms with Crippen molar-refractivity contribution < 1.29 is 14.1 Å². The number of nitro benzene ring substituents is 1. The molecule has 12 heteroatoms. The Balaban J connectivity index is 1.62. The van der Waals surface area contributed by atoms with E-state index in [1.165, 1.54) is 18.2 Å². The highest BCUT2D eigenvalue weighted by atomic mass is 35.5. The summed E-state index contributed by atoms with van der Waals surface area (Å²) in [7, 11) is 0. The number of rotatable bonds is 6. The highest BCUT2D eigenvalue weighted by Gasteiger charge is 2.16. The minimum atomic E-state index is -0.630. The molecule has 1 N–H and O–H groups in total. The van der Waals surface area contributed by atoms with Gasteiger partial charge in [0.25, 0.3) is 10.9 Å². The first-order valence-corrected chi connectivity index (χ1v) is 9.61. The number of amides is 1. The molecule has 0 aliphatic rings. The Hall–Kier alpha value is -2.33. The highest BCUT2D eigenvalue weighted by Crippen LogP contribution is 2.31. The van der Waals surface area contributed by atoms with Crippen molar-refractivity contribution in [2.75, 3.05) is 11.1 Å². The van der Waals surface area contributed by atoms with Crippen molar-refractivity contribution in [3.05, 3.63) is 61.6 Å². The number of nitro groups is 1. The van der Waals surface area contributed by atoms with E-state index in [9.17, 15) is 14.9 Å². The average Bonchev–Trinajstić information content (AvgIpc) is 3.10. The minimum absolute atomic E-state index is 0.0170. The van der Waals surface area contributed by atoms with Gasteiger partial charge in [-0.3, -0.25) is 14.9 Å². The van der Waals surface area contributed by atoms with Crippen LogP contribution in [0.2, 0.25) is 15.1 Å². The van der Waals surface area contributed by atoms with Crippen LogP contribution in [0, 0.1) is 10.1 Å². The number of carbonyl (C=O) groups excluding carboxylic acids is 1. The zero-order valence-electron chi connectivity index (χ0n) is 13.7. The van der Waals surface area contributed by atoms with Gasteiger partial charge < -0.3 is 9.73 Å². The normalized spacial score (nSPS) is 10.7.